The lowest BCUT2D eigenvalue weighted by Gasteiger charge is -2.29. The lowest BCUT2D eigenvalue weighted by atomic mass is 9.90. The summed E-state index contributed by atoms with van der Waals surface area (Å²) < 4.78 is 12.1. The standard InChI is InChI=1S/C33H30N2O5/c1-3-38-28-20-24(16-19-27(28)39-21-23-10-6-4-7-11-23)30-29-31(40-35(30)26-12-8-5-9-13-26)33(37)34(32(29)36)25-17-14-22(2)15-18-25/h4-20,29-31H,3,21H2,1-2H3/t29-,30+,31+/m1/s1. The van der Waals surface area contributed by atoms with E-state index in [1.807, 2.05) is 105 Å². The van der Waals surface area contributed by atoms with E-state index in [1.165, 1.54) is 4.90 Å². The molecule has 0 saturated carbocycles. The van der Waals surface area contributed by atoms with E-state index >= 15 is 0 Å². The molecule has 2 fully saturated rings. The van der Waals surface area contributed by atoms with Gasteiger partial charge in [-0.1, -0.05) is 72.3 Å². The highest BCUT2D eigenvalue weighted by Crippen LogP contribution is 2.48. The Balaban J connectivity index is 1.37. The van der Waals surface area contributed by atoms with Crippen LogP contribution in [0.25, 0.3) is 0 Å². The SMILES string of the molecule is CCOc1cc([C@H]2[C@H]3C(=O)N(c4ccc(C)cc4)C(=O)[C@H]3ON2c2ccccc2)ccc1OCc1ccccc1. The van der Waals surface area contributed by atoms with Crippen molar-refractivity contribution in [3.8, 4) is 11.5 Å². The fraction of sp³-hybridized carbons (Fsp3) is 0.212. The molecule has 2 saturated heterocycles. The van der Waals surface area contributed by atoms with Crippen LogP contribution >= 0.6 is 0 Å². The summed E-state index contributed by atoms with van der Waals surface area (Å²) in [6.45, 7) is 4.72. The fourth-order valence-corrected chi connectivity index (χ4v) is 5.33. The number of ether oxygens (including phenoxy) is 2. The zero-order valence-corrected chi connectivity index (χ0v) is 22.4. The summed E-state index contributed by atoms with van der Waals surface area (Å²) in [6.07, 6.45) is -0.941. The number of fused-ring (bicyclic) bond motifs is 1. The third kappa shape index (κ3) is 4.69. The van der Waals surface area contributed by atoms with E-state index in [-0.39, 0.29) is 11.8 Å². The first-order valence-corrected chi connectivity index (χ1v) is 13.4. The molecule has 2 aliphatic rings. The van der Waals surface area contributed by atoms with Crippen molar-refractivity contribution in [3.63, 3.8) is 0 Å². The topological polar surface area (TPSA) is 68.3 Å². The number of hydrogen-bond acceptors (Lipinski definition) is 6. The van der Waals surface area contributed by atoms with Crippen molar-refractivity contribution in [2.24, 2.45) is 5.92 Å². The number of rotatable bonds is 8. The average molecular weight is 535 g/mol. The normalized spacial score (nSPS) is 20.1. The highest BCUT2D eigenvalue weighted by molar-refractivity contribution is 6.23. The number of carbonyl (C=O) groups excluding carboxylic acids is 2. The molecule has 40 heavy (non-hydrogen) atoms. The molecule has 0 spiro atoms. The first-order chi connectivity index (χ1) is 19.5. The van der Waals surface area contributed by atoms with Gasteiger partial charge in [0.05, 0.1) is 24.0 Å². The minimum absolute atomic E-state index is 0.287. The molecule has 4 aromatic carbocycles. The maximum atomic E-state index is 13.9. The van der Waals surface area contributed by atoms with Gasteiger partial charge in [0, 0.05) is 0 Å². The summed E-state index contributed by atoms with van der Waals surface area (Å²) in [5, 5.41) is 1.69. The van der Waals surface area contributed by atoms with E-state index < -0.39 is 18.1 Å². The van der Waals surface area contributed by atoms with Crippen molar-refractivity contribution in [2.75, 3.05) is 16.6 Å². The molecule has 2 amide bonds. The predicted molar refractivity (Wildman–Crippen MR) is 152 cm³/mol. The first kappa shape index (κ1) is 25.6. The van der Waals surface area contributed by atoms with Crippen LogP contribution in [-0.4, -0.2) is 24.5 Å². The Morgan fingerprint density at radius 2 is 1.45 bits per heavy atom. The van der Waals surface area contributed by atoms with Crippen molar-refractivity contribution in [1.29, 1.82) is 0 Å². The fourth-order valence-electron chi connectivity index (χ4n) is 5.33. The molecule has 0 aliphatic carbocycles. The molecule has 6 rings (SSSR count). The Morgan fingerprint density at radius 1 is 0.750 bits per heavy atom. The third-order valence-corrected chi connectivity index (χ3v) is 7.26. The molecule has 7 nitrogen and oxygen atoms in total. The lowest BCUT2D eigenvalue weighted by Crippen LogP contribution is -2.37. The van der Waals surface area contributed by atoms with E-state index in [0.29, 0.717) is 30.4 Å². The maximum Gasteiger partial charge on any atom is 0.266 e. The van der Waals surface area contributed by atoms with Crippen molar-refractivity contribution < 1.29 is 23.9 Å². The molecule has 0 aromatic heterocycles. The molecule has 0 unspecified atom stereocenters. The molecule has 3 atom stereocenters. The van der Waals surface area contributed by atoms with E-state index in [4.69, 9.17) is 14.3 Å². The van der Waals surface area contributed by atoms with Gasteiger partial charge in [-0.25, -0.2) is 9.96 Å². The molecule has 0 bridgehead atoms. The molecule has 7 heteroatoms. The number of hydroxylamine groups is 1. The number of nitrogens with zero attached hydrogens (tertiary/aromatic N) is 2. The Hall–Kier alpha value is -4.62. The quantitative estimate of drug-likeness (QED) is 0.258. The van der Waals surface area contributed by atoms with Gasteiger partial charge in [-0.15, -0.1) is 0 Å². The molecular formula is C33H30N2O5. The van der Waals surface area contributed by atoms with Gasteiger partial charge in [-0.2, -0.15) is 0 Å². The van der Waals surface area contributed by atoms with Crippen LogP contribution in [-0.2, 0) is 21.0 Å². The molecule has 0 radical (unpaired) electrons. The van der Waals surface area contributed by atoms with Crippen molar-refractivity contribution in [2.45, 2.75) is 32.6 Å². The Morgan fingerprint density at radius 3 is 2.15 bits per heavy atom. The molecular weight excluding hydrogens is 504 g/mol. The van der Waals surface area contributed by atoms with E-state index in [1.54, 1.807) is 17.2 Å². The van der Waals surface area contributed by atoms with Crippen LogP contribution in [0.2, 0.25) is 0 Å². The summed E-state index contributed by atoms with van der Waals surface area (Å²) in [6, 6.07) is 31.9. The van der Waals surface area contributed by atoms with E-state index in [0.717, 1.165) is 22.4 Å². The monoisotopic (exact) mass is 534 g/mol. The number of aryl methyl sites for hydroxylation is 1. The molecule has 0 N–H and O–H groups in total. The minimum Gasteiger partial charge on any atom is -0.490 e. The number of amides is 2. The first-order valence-electron chi connectivity index (χ1n) is 13.4. The van der Waals surface area contributed by atoms with Crippen molar-refractivity contribution in [1.82, 2.24) is 0 Å². The smallest absolute Gasteiger partial charge is 0.266 e. The van der Waals surface area contributed by atoms with Gasteiger partial charge >= 0.3 is 0 Å². The lowest BCUT2D eigenvalue weighted by molar-refractivity contribution is -0.126. The Kier molecular flexibility index (Phi) is 6.97. The second kappa shape index (κ2) is 10.9. The number of anilines is 2. The zero-order valence-electron chi connectivity index (χ0n) is 22.4. The van der Waals surface area contributed by atoms with Gasteiger partial charge in [0.15, 0.2) is 17.6 Å². The van der Waals surface area contributed by atoms with E-state index in [2.05, 4.69) is 0 Å². The van der Waals surface area contributed by atoms with Crippen LogP contribution in [0, 0.1) is 12.8 Å². The van der Waals surface area contributed by atoms with Crippen LogP contribution in [0.5, 0.6) is 11.5 Å². The Labute approximate surface area is 233 Å². The number of carbonyl (C=O) groups is 2. The molecule has 4 aromatic rings. The summed E-state index contributed by atoms with van der Waals surface area (Å²) in [7, 11) is 0. The van der Waals surface area contributed by atoms with Crippen LogP contribution in [0.3, 0.4) is 0 Å². The van der Waals surface area contributed by atoms with Gasteiger partial charge in [-0.3, -0.25) is 14.4 Å². The van der Waals surface area contributed by atoms with Crippen LogP contribution in [0.1, 0.15) is 29.7 Å². The van der Waals surface area contributed by atoms with Gasteiger partial charge < -0.3 is 9.47 Å². The second-order valence-corrected chi connectivity index (χ2v) is 9.92. The summed E-state index contributed by atoms with van der Waals surface area (Å²) >= 11 is 0. The van der Waals surface area contributed by atoms with Crippen molar-refractivity contribution >= 4 is 23.2 Å². The highest BCUT2D eigenvalue weighted by Gasteiger charge is 2.60. The number of para-hydroxylation sites is 1. The highest BCUT2D eigenvalue weighted by atomic mass is 16.7. The Bertz CT molecular complexity index is 1510. The largest absolute Gasteiger partial charge is 0.490 e. The zero-order chi connectivity index (χ0) is 27.6. The number of hydrogen-bond donors (Lipinski definition) is 0. The number of benzene rings is 4. The summed E-state index contributed by atoms with van der Waals surface area (Å²) in [5.41, 5.74) is 4.18. The second-order valence-electron chi connectivity index (χ2n) is 9.92. The predicted octanol–water partition coefficient (Wildman–Crippen LogP) is 6.02. The van der Waals surface area contributed by atoms with Gasteiger partial charge in [0.2, 0.25) is 5.91 Å². The summed E-state index contributed by atoms with van der Waals surface area (Å²) in [4.78, 5) is 35.0. The number of imide groups is 1. The third-order valence-electron chi connectivity index (χ3n) is 7.26. The molecule has 2 aliphatic heterocycles. The van der Waals surface area contributed by atoms with Gasteiger partial charge in [-0.05, 0) is 61.4 Å². The molecule has 202 valence electrons. The summed E-state index contributed by atoms with van der Waals surface area (Å²) in [5.74, 6) is -0.217. The van der Waals surface area contributed by atoms with Crippen LogP contribution < -0.4 is 19.4 Å². The maximum absolute atomic E-state index is 13.9. The average Bonchev–Trinajstić information content (AvgIpc) is 3.49. The van der Waals surface area contributed by atoms with Crippen LogP contribution in [0.15, 0.2) is 103 Å². The molecule has 2 heterocycles. The van der Waals surface area contributed by atoms with Crippen LogP contribution in [0.4, 0.5) is 11.4 Å². The van der Waals surface area contributed by atoms with E-state index in [9.17, 15) is 9.59 Å². The van der Waals surface area contributed by atoms with Gasteiger partial charge in [0.25, 0.3) is 5.91 Å². The minimum atomic E-state index is -0.941. The van der Waals surface area contributed by atoms with Crippen molar-refractivity contribution in [3.05, 3.63) is 120 Å². The van der Waals surface area contributed by atoms with Gasteiger partial charge in [0.1, 0.15) is 12.5 Å².